The molecule has 0 bridgehead atoms. The van der Waals surface area contributed by atoms with E-state index in [0.29, 0.717) is 6.54 Å². The molecule has 1 fully saturated rings. The summed E-state index contributed by atoms with van der Waals surface area (Å²) in [6.45, 7) is 4.60. The van der Waals surface area contributed by atoms with Gasteiger partial charge in [-0.15, -0.1) is 11.3 Å². The lowest BCUT2D eigenvalue weighted by Crippen LogP contribution is -2.52. The van der Waals surface area contributed by atoms with Gasteiger partial charge in [-0.05, 0) is 23.6 Å². The lowest BCUT2D eigenvalue weighted by molar-refractivity contribution is 0.373. The third-order valence-corrected chi connectivity index (χ3v) is 5.59. The Morgan fingerprint density at radius 2 is 2.07 bits per heavy atom. The standard InChI is InChI=1S/C19H23N7S/c1-20-19(25-11-9-24(10-12-25)17-5-3-13-27-17)23-14-16-4-2-6-22-18(16)26-8-7-21-15-26/h2-8,13,15H,9-12,14H2,1H3,(H,20,23). The molecule has 27 heavy (non-hydrogen) atoms. The van der Waals surface area contributed by atoms with E-state index < -0.39 is 0 Å². The van der Waals surface area contributed by atoms with Crippen molar-refractivity contribution in [3.63, 3.8) is 0 Å². The van der Waals surface area contributed by atoms with Crippen LogP contribution in [0.2, 0.25) is 0 Å². The van der Waals surface area contributed by atoms with E-state index in [2.05, 4.69) is 53.7 Å². The number of piperazine rings is 1. The molecule has 0 spiro atoms. The molecule has 0 aliphatic carbocycles. The van der Waals surface area contributed by atoms with Gasteiger partial charge in [-0.2, -0.15) is 0 Å². The van der Waals surface area contributed by atoms with Crippen LogP contribution < -0.4 is 10.2 Å². The fourth-order valence-corrected chi connectivity index (χ4v) is 4.07. The van der Waals surface area contributed by atoms with E-state index in [1.54, 1.807) is 30.1 Å². The number of anilines is 1. The first kappa shape index (κ1) is 17.5. The number of aromatic nitrogens is 3. The average molecular weight is 382 g/mol. The highest BCUT2D eigenvalue weighted by Gasteiger charge is 2.20. The molecule has 1 N–H and O–H groups in total. The highest BCUT2D eigenvalue weighted by molar-refractivity contribution is 7.14. The van der Waals surface area contributed by atoms with Crippen molar-refractivity contribution in [2.75, 3.05) is 38.1 Å². The van der Waals surface area contributed by atoms with Crippen LogP contribution in [0.25, 0.3) is 5.82 Å². The number of hydrogen-bond acceptors (Lipinski definition) is 5. The minimum atomic E-state index is 0.666. The van der Waals surface area contributed by atoms with Crippen LogP contribution in [0.1, 0.15) is 5.56 Å². The Hall–Kier alpha value is -2.87. The van der Waals surface area contributed by atoms with Gasteiger partial charge in [-0.1, -0.05) is 6.07 Å². The van der Waals surface area contributed by atoms with Crippen molar-refractivity contribution in [2.45, 2.75) is 6.54 Å². The zero-order chi connectivity index (χ0) is 18.5. The SMILES string of the molecule is CN=C(NCc1cccnc1-n1ccnc1)N1CCN(c2cccs2)CC1. The van der Waals surface area contributed by atoms with Gasteiger partial charge >= 0.3 is 0 Å². The maximum Gasteiger partial charge on any atom is 0.194 e. The van der Waals surface area contributed by atoms with E-state index in [1.807, 2.05) is 23.9 Å². The summed E-state index contributed by atoms with van der Waals surface area (Å²) in [5, 5.41) is 6.97. The quantitative estimate of drug-likeness (QED) is 0.555. The molecule has 1 aliphatic heterocycles. The van der Waals surface area contributed by atoms with Crippen molar-refractivity contribution < 1.29 is 0 Å². The molecule has 1 aliphatic rings. The molecule has 4 heterocycles. The van der Waals surface area contributed by atoms with Crippen LogP contribution in [0.4, 0.5) is 5.00 Å². The van der Waals surface area contributed by atoms with E-state index in [-0.39, 0.29) is 0 Å². The fraction of sp³-hybridized carbons (Fsp3) is 0.316. The second kappa shape index (κ2) is 8.22. The first-order chi connectivity index (χ1) is 13.3. The van der Waals surface area contributed by atoms with Gasteiger partial charge in [-0.3, -0.25) is 9.56 Å². The summed E-state index contributed by atoms with van der Waals surface area (Å²) in [6.07, 6.45) is 7.24. The summed E-state index contributed by atoms with van der Waals surface area (Å²) in [4.78, 5) is 17.9. The van der Waals surface area contributed by atoms with Gasteiger partial charge in [0.15, 0.2) is 5.96 Å². The first-order valence-corrected chi connectivity index (χ1v) is 9.89. The number of pyridine rings is 1. The Balaban J connectivity index is 1.38. The molecule has 0 saturated carbocycles. The second-order valence-electron chi connectivity index (χ2n) is 6.28. The molecule has 0 radical (unpaired) electrons. The lowest BCUT2D eigenvalue weighted by atomic mass is 10.2. The topological polar surface area (TPSA) is 61.6 Å². The smallest absolute Gasteiger partial charge is 0.194 e. The molecule has 8 heteroatoms. The number of rotatable bonds is 4. The Labute approximate surface area is 163 Å². The molecule has 1 saturated heterocycles. The van der Waals surface area contributed by atoms with Gasteiger partial charge < -0.3 is 15.1 Å². The van der Waals surface area contributed by atoms with Crippen molar-refractivity contribution in [1.29, 1.82) is 0 Å². The molecular weight excluding hydrogens is 358 g/mol. The summed E-state index contributed by atoms with van der Waals surface area (Å²) in [5.74, 6) is 1.82. The van der Waals surface area contributed by atoms with E-state index in [1.165, 1.54) is 5.00 Å². The van der Waals surface area contributed by atoms with Crippen LogP contribution in [0, 0.1) is 0 Å². The van der Waals surface area contributed by atoms with E-state index >= 15 is 0 Å². The van der Waals surface area contributed by atoms with Crippen LogP contribution >= 0.6 is 11.3 Å². The Kier molecular flexibility index (Phi) is 5.34. The van der Waals surface area contributed by atoms with Crippen LogP contribution in [-0.4, -0.2) is 58.6 Å². The molecule has 0 unspecified atom stereocenters. The highest BCUT2D eigenvalue weighted by atomic mass is 32.1. The van der Waals surface area contributed by atoms with Crippen LogP contribution in [-0.2, 0) is 6.54 Å². The third kappa shape index (κ3) is 3.95. The van der Waals surface area contributed by atoms with Gasteiger partial charge in [0.05, 0.1) is 5.00 Å². The predicted molar refractivity (Wildman–Crippen MR) is 110 cm³/mol. The molecular formula is C19H23N7S. The Morgan fingerprint density at radius 3 is 2.78 bits per heavy atom. The molecule has 3 aromatic rings. The summed E-state index contributed by atoms with van der Waals surface area (Å²) in [5.41, 5.74) is 1.11. The zero-order valence-corrected chi connectivity index (χ0v) is 16.1. The summed E-state index contributed by atoms with van der Waals surface area (Å²) < 4.78 is 1.93. The van der Waals surface area contributed by atoms with Crippen molar-refractivity contribution in [3.05, 3.63) is 60.1 Å². The first-order valence-electron chi connectivity index (χ1n) is 9.01. The number of hydrogen-bond donors (Lipinski definition) is 1. The largest absolute Gasteiger partial charge is 0.360 e. The van der Waals surface area contributed by atoms with Crippen LogP contribution in [0.15, 0.2) is 59.6 Å². The Morgan fingerprint density at radius 1 is 1.19 bits per heavy atom. The Bertz CT molecular complexity index is 865. The normalized spacial score (nSPS) is 15.2. The molecule has 0 atom stereocenters. The maximum absolute atomic E-state index is 4.50. The number of aliphatic imine (C=N–C) groups is 1. The molecule has 0 amide bonds. The zero-order valence-electron chi connectivity index (χ0n) is 15.3. The van der Waals surface area contributed by atoms with Gasteiger partial charge in [0.1, 0.15) is 12.1 Å². The number of nitrogens with zero attached hydrogens (tertiary/aromatic N) is 6. The number of guanidine groups is 1. The highest BCUT2D eigenvalue weighted by Crippen LogP contribution is 2.22. The average Bonchev–Trinajstić information content (AvgIpc) is 3.43. The van der Waals surface area contributed by atoms with Gasteiger partial charge in [0.2, 0.25) is 0 Å². The number of nitrogens with one attached hydrogen (secondary N) is 1. The van der Waals surface area contributed by atoms with Gasteiger partial charge in [0.25, 0.3) is 0 Å². The molecule has 7 nitrogen and oxygen atoms in total. The molecule has 0 aromatic carbocycles. The fourth-order valence-electron chi connectivity index (χ4n) is 3.28. The number of imidazole rings is 1. The van der Waals surface area contributed by atoms with Crippen molar-refractivity contribution >= 4 is 22.3 Å². The maximum atomic E-state index is 4.50. The van der Waals surface area contributed by atoms with Gasteiger partial charge in [-0.25, -0.2) is 9.97 Å². The van der Waals surface area contributed by atoms with Crippen molar-refractivity contribution in [3.8, 4) is 5.82 Å². The van der Waals surface area contributed by atoms with E-state index in [4.69, 9.17) is 0 Å². The summed E-state index contributed by atoms with van der Waals surface area (Å²) >= 11 is 1.80. The second-order valence-corrected chi connectivity index (χ2v) is 7.21. The molecule has 3 aromatic heterocycles. The molecule has 4 rings (SSSR count). The van der Waals surface area contributed by atoms with Crippen LogP contribution in [0.5, 0.6) is 0 Å². The molecule has 140 valence electrons. The van der Waals surface area contributed by atoms with Gasteiger partial charge in [0, 0.05) is 63.9 Å². The third-order valence-electron chi connectivity index (χ3n) is 4.66. The van der Waals surface area contributed by atoms with E-state index in [9.17, 15) is 0 Å². The van der Waals surface area contributed by atoms with E-state index in [0.717, 1.165) is 43.5 Å². The number of thiophene rings is 1. The van der Waals surface area contributed by atoms with Crippen molar-refractivity contribution in [1.82, 2.24) is 24.8 Å². The lowest BCUT2D eigenvalue weighted by Gasteiger charge is -2.37. The monoisotopic (exact) mass is 381 g/mol. The minimum absolute atomic E-state index is 0.666. The van der Waals surface area contributed by atoms with Crippen molar-refractivity contribution in [2.24, 2.45) is 4.99 Å². The van der Waals surface area contributed by atoms with Crippen LogP contribution in [0.3, 0.4) is 0 Å². The summed E-state index contributed by atoms with van der Waals surface area (Å²) in [7, 11) is 1.84. The minimum Gasteiger partial charge on any atom is -0.360 e. The predicted octanol–water partition coefficient (Wildman–Crippen LogP) is 2.23. The summed E-state index contributed by atoms with van der Waals surface area (Å²) in [6, 6.07) is 8.34.